The Morgan fingerprint density at radius 3 is 2.59 bits per heavy atom. The van der Waals surface area contributed by atoms with Crippen LogP contribution in [0.3, 0.4) is 0 Å². The van der Waals surface area contributed by atoms with Crippen LogP contribution >= 0.6 is 0 Å². The molecule has 32 heavy (non-hydrogen) atoms. The summed E-state index contributed by atoms with van der Waals surface area (Å²) in [6.07, 6.45) is -3.97. The van der Waals surface area contributed by atoms with E-state index < -0.39 is 45.2 Å². The fourth-order valence-electron chi connectivity index (χ4n) is 2.76. The largest absolute Gasteiger partial charge is 0.435 e. The number of carbonyl (C=O) groups is 1. The molecule has 0 aliphatic rings. The summed E-state index contributed by atoms with van der Waals surface area (Å²) in [7, 11) is -2.30. The average Bonchev–Trinajstić information content (AvgIpc) is 3.31. The molecule has 2 aromatic heterocycles. The molecular weight excluding hydrogens is 458 g/mol. The Bertz CT molecular complexity index is 1240. The van der Waals surface area contributed by atoms with Crippen molar-refractivity contribution < 1.29 is 35.3 Å². The number of rotatable bonds is 7. The molecule has 1 unspecified atom stereocenters. The summed E-state index contributed by atoms with van der Waals surface area (Å²) in [5, 5.41) is 9.38. The lowest BCUT2D eigenvalue weighted by molar-refractivity contribution is -0.141. The van der Waals surface area contributed by atoms with Crippen LogP contribution < -0.4 is 5.32 Å². The van der Waals surface area contributed by atoms with Gasteiger partial charge >= 0.3 is 6.18 Å². The molecule has 9 nitrogen and oxygen atoms in total. The fraction of sp³-hybridized carbons (Fsp3) is 0.333. The van der Waals surface area contributed by atoms with E-state index in [1.807, 2.05) is 0 Å². The predicted octanol–water partition coefficient (Wildman–Crippen LogP) is 2.53. The molecule has 3 aromatic rings. The van der Waals surface area contributed by atoms with Crippen LogP contribution in [-0.2, 0) is 23.1 Å². The summed E-state index contributed by atoms with van der Waals surface area (Å²) in [6, 6.07) is 4.71. The Balaban J connectivity index is 1.88. The smallest absolute Gasteiger partial charge is 0.339 e. The summed E-state index contributed by atoms with van der Waals surface area (Å²) in [6.45, 7) is 0. The van der Waals surface area contributed by atoms with Crippen LogP contribution in [0.15, 0.2) is 34.9 Å². The second-order valence-electron chi connectivity index (χ2n) is 6.95. The summed E-state index contributed by atoms with van der Waals surface area (Å²) < 4.78 is 81.2. The molecule has 1 N–H and O–H groups in total. The van der Waals surface area contributed by atoms with Crippen LogP contribution in [0.1, 0.15) is 34.5 Å². The number of alkyl halides is 3. The van der Waals surface area contributed by atoms with E-state index in [2.05, 4.69) is 20.6 Å². The number of amides is 1. The Hall–Kier alpha value is -3.29. The van der Waals surface area contributed by atoms with Crippen molar-refractivity contribution in [2.75, 3.05) is 12.0 Å². The maximum Gasteiger partial charge on any atom is 0.435 e. The highest BCUT2D eigenvalue weighted by Gasteiger charge is 2.36. The van der Waals surface area contributed by atoms with Gasteiger partial charge in [-0.15, -0.1) is 0 Å². The fourth-order valence-corrected chi connectivity index (χ4v) is 3.43. The minimum absolute atomic E-state index is 0.0157. The molecule has 0 saturated carbocycles. The summed E-state index contributed by atoms with van der Waals surface area (Å²) in [5.74, 6) is -2.10. The number of carbonyl (C=O) groups excluding carboxylic acids is 1. The van der Waals surface area contributed by atoms with Gasteiger partial charge in [0.25, 0.3) is 5.91 Å². The lowest BCUT2D eigenvalue weighted by Crippen LogP contribution is -2.31. The quantitative estimate of drug-likeness (QED) is 0.522. The van der Waals surface area contributed by atoms with Gasteiger partial charge in [0.15, 0.2) is 5.69 Å². The zero-order valence-corrected chi connectivity index (χ0v) is 17.5. The van der Waals surface area contributed by atoms with Crippen molar-refractivity contribution in [3.63, 3.8) is 0 Å². The van der Waals surface area contributed by atoms with Gasteiger partial charge in [0.2, 0.25) is 11.7 Å². The van der Waals surface area contributed by atoms with Gasteiger partial charge in [-0.05, 0) is 18.6 Å². The predicted molar refractivity (Wildman–Crippen MR) is 102 cm³/mol. The highest BCUT2D eigenvalue weighted by Crippen LogP contribution is 2.29. The Labute approximate surface area is 179 Å². The number of aromatic nitrogens is 4. The van der Waals surface area contributed by atoms with Crippen LogP contribution in [0.2, 0.25) is 0 Å². The number of nitrogens with one attached hydrogen (secondary N) is 1. The summed E-state index contributed by atoms with van der Waals surface area (Å²) in [5.41, 5.74) is -1.40. The van der Waals surface area contributed by atoms with E-state index in [1.54, 1.807) is 0 Å². The van der Waals surface area contributed by atoms with Crippen LogP contribution in [-0.4, -0.2) is 46.3 Å². The van der Waals surface area contributed by atoms with Crippen molar-refractivity contribution in [3.05, 3.63) is 53.4 Å². The first-order valence-corrected chi connectivity index (χ1v) is 11.1. The number of sulfone groups is 1. The molecule has 0 fully saturated rings. The standard InChI is InChI=1S/C18H17F4N5O4S/c1-27-13(9-14(25-27)18(20,21)22)16(28)23-12(6-7-32(2,29)30)17-24-15(26-31-17)10-4-3-5-11(19)8-10/h3-5,8-9,12H,6-7H2,1-2H3,(H,23,28). The molecule has 1 atom stereocenters. The average molecular weight is 475 g/mol. The van der Waals surface area contributed by atoms with Crippen molar-refractivity contribution in [3.8, 4) is 11.4 Å². The van der Waals surface area contributed by atoms with Crippen molar-refractivity contribution in [2.45, 2.75) is 18.6 Å². The van der Waals surface area contributed by atoms with E-state index >= 15 is 0 Å². The lowest BCUT2D eigenvalue weighted by atomic mass is 10.2. The third kappa shape index (κ3) is 5.69. The highest BCUT2D eigenvalue weighted by atomic mass is 32.2. The number of nitrogens with zero attached hydrogens (tertiary/aromatic N) is 4. The minimum Gasteiger partial charge on any atom is -0.339 e. The molecule has 0 aliphatic carbocycles. The molecule has 14 heteroatoms. The molecule has 0 bridgehead atoms. The zero-order valence-electron chi connectivity index (χ0n) is 16.7. The number of benzene rings is 1. The maximum absolute atomic E-state index is 13.5. The van der Waals surface area contributed by atoms with Gasteiger partial charge in [-0.25, -0.2) is 12.8 Å². The van der Waals surface area contributed by atoms with Gasteiger partial charge in [0.05, 0.1) is 5.75 Å². The molecular formula is C18H17F4N5O4S. The maximum atomic E-state index is 13.5. The van der Waals surface area contributed by atoms with Crippen LogP contribution in [0, 0.1) is 5.82 Å². The second-order valence-corrected chi connectivity index (χ2v) is 9.21. The molecule has 2 heterocycles. The monoisotopic (exact) mass is 475 g/mol. The Morgan fingerprint density at radius 1 is 1.28 bits per heavy atom. The van der Waals surface area contributed by atoms with Crippen LogP contribution in [0.25, 0.3) is 11.4 Å². The van der Waals surface area contributed by atoms with Gasteiger partial charge in [-0.3, -0.25) is 9.48 Å². The highest BCUT2D eigenvalue weighted by molar-refractivity contribution is 7.90. The number of halogens is 4. The molecule has 0 spiro atoms. The molecule has 0 aliphatic heterocycles. The van der Waals surface area contributed by atoms with Crippen molar-refractivity contribution >= 4 is 15.7 Å². The van der Waals surface area contributed by atoms with Gasteiger partial charge in [0, 0.05) is 24.9 Å². The van der Waals surface area contributed by atoms with Gasteiger partial charge in [-0.2, -0.15) is 23.3 Å². The van der Waals surface area contributed by atoms with E-state index in [1.165, 1.54) is 18.2 Å². The third-order valence-corrected chi connectivity index (χ3v) is 5.29. The molecule has 0 saturated heterocycles. The SMILES string of the molecule is Cn1nc(C(F)(F)F)cc1C(=O)NC(CCS(C)(=O)=O)c1nc(-c2cccc(F)c2)no1. The van der Waals surface area contributed by atoms with Crippen molar-refractivity contribution in [2.24, 2.45) is 7.05 Å². The first kappa shape index (κ1) is 23.4. The first-order chi connectivity index (χ1) is 14.8. The number of aryl methyl sites for hydroxylation is 1. The first-order valence-electron chi connectivity index (χ1n) is 9.03. The second kappa shape index (κ2) is 8.68. The zero-order chi connectivity index (χ0) is 23.7. The normalized spacial score (nSPS) is 13.2. The molecule has 172 valence electrons. The van der Waals surface area contributed by atoms with E-state index in [0.717, 1.165) is 24.1 Å². The Morgan fingerprint density at radius 2 is 2.00 bits per heavy atom. The van der Waals surface area contributed by atoms with Gasteiger partial charge in [0.1, 0.15) is 27.4 Å². The van der Waals surface area contributed by atoms with Crippen molar-refractivity contribution in [1.29, 1.82) is 0 Å². The van der Waals surface area contributed by atoms with Gasteiger partial charge < -0.3 is 9.84 Å². The lowest BCUT2D eigenvalue weighted by Gasteiger charge is -2.14. The summed E-state index contributed by atoms with van der Waals surface area (Å²) >= 11 is 0. The molecule has 1 amide bonds. The van der Waals surface area contributed by atoms with Crippen LogP contribution in [0.5, 0.6) is 0 Å². The van der Waals surface area contributed by atoms with E-state index in [4.69, 9.17) is 4.52 Å². The third-order valence-electron chi connectivity index (χ3n) is 4.31. The molecule has 3 rings (SSSR count). The topological polar surface area (TPSA) is 120 Å². The summed E-state index contributed by atoms with van der Waals surface area (Å²) in [4.78, 5) is 16.7. The number of hydrogen-bond donors (Lipinski definition) is 1. The van der Waals surface area contributed by atoms with E-state index in [-0.39, 0.29) is 29.5 Å². The number of hydrogen-bond acceptors (Lipinski definition) is 7. The van der Waals surface area contributed by atoms with Crippen molar-refractivity contribution in [1.82, 2.24) is 25.2 Å². The molecule has 0 radical (unpaired) electrons. The molecule has 1 aromatic carbocycles. The minimum atomic E-state index is -4.75. The van der Waals surface area contributed by atoms with E-state index in [0.29, 0.717) is 6.07 Å². The van der Waals surface area contributed by atoms with Gasteiger partial charge in [-0.1, -0.05) is 17.3 Å². The van der Waals surface area contributed by atoms with Crippen LogP contribution in [0.4, 0.5) is 17.6 Å². The van der Waals surface area contributed by atoms with E-state index in [9.17, 15) is 30.8 Å². The Kier molecular flexibility index (Phi) is 6.34.